The Hall–Kier alpha value is -1.23. The van der Waals surface area contributed by atoms with Crippen molar-refractivity contribution in [1.82, 2.24) is 4.90 Å². The quantitative estimate of drug-likeness (QED) is 0.777. The van der Waals surface area contributed by atoms with Gasteiger partial charge in [0.2, 0.25) is 0 Å². The van der Waals surface area contributed by atoms with E-state index in [0.717, 1.165) is 25.9 Å². The Bertz CT molecular complexity index is 570. The summed E-state index contributed by atoms with van der Waals surface area (Å²) in [5, 5.41) is 3.65. The minimum absolute atomic E-state index is 0.154. The van der Waals surface area contributed by atoms with Crippen LogP contribution in [0.25, 0.3) is 0 Å². The van der Waals surface area contributed by atoms with Crippen LogP contribution < -0.4 is 4.90 Å². The van der Waals surface area contributed by atoms with E-state index in [1.807, 2.05) is 37.0 Å². The number of piperidine rings is 1. The highest BCUT2D eigenvalue weighted by Gasteiger charge is 2.36. The molecule has 1 amide bonds. The molecule has 1 aromatic rings. The summed E-state index contributed by atoms with van der Waals surface area (Å²) in [7, 11) is 0. The zero-order chi connectivity index (χ0) is 17.3. The van der Waals surface area contributed by atoms with Crippen molar-refractivity contribution in [1.29, 1.82) is 0 Å². The van der Waals surface area contributed by atoms with E-state index in [4.69, 9.17) is 4.74 Å². The van der Waals surface area contributed by atoms with Crippen molar-refractivity contribution >= 4 is 22.4 Å². The standard InChI is InChI=1S/C19H30N2O2S/c1-14-9-13-24-17(14)21-10-5-6-16(21)15-7-11-20(12-8-15)18(22)23-19(2,3)4/h9,13,15-16H,5-8,10-12H2,1-4H3. The second-order valence-corrected chi connectivity index (χ2v) is 9.01. The van der Waals surface area contributed by atoms with Crippen LogP contribution >= 0.6 is 11.3 Å². The van der Waals surface area contributed by atoms with Crippen molar-refractivity contribution < 1.29 is 9.53 Å². The van der Waals surface area contributed by atoms with E-state index in [1.54, 1.807) is 0 Å². The number of thiophene rings is 1. The first-order valence-corrected chi connectivity index (χ1v) is 10.0. The van der Waals surface area contributed by atoms with Gasteiger partial charge in [0.25, 0.3) is 0 Å². The Kier molecular flexibility index (Phi) is 5.09. The Balaban J connectivity index is 1.58. The minimum atomic E-state index is -0.410. The molecule has 134 valence electrons. The monoisotopic (exact) mass is 350 g/mol. The molecule has 0 N–H and O–H groups in total. The number of aryl methyl sites for hydroxylation is 1. The van der Waals surface area contributed by atoms with Gasteiger partial charge in [0, 0.05) is 25.7 Å². The van der Waals surface area contributed by atoms with Crippen LogP contribution in [0, 0.1) is 12.8 Å². The number of amides is 1. The molecule has 2 fully saturated rings. The molecular weight excluding hydrogens is 320 g/mol. The second kappa shape index (κ2) is 6.95. The summed E-state index contributed by atoms with van der Waals surface area (Å²) in [6.07, 6.45) is 4.59. The number of hydrogen-bond acceptors (Lipinski definition) is 4. The molecule has 1 unspecified atom stereocenters. The zero-order valence-electron chi connectivity index (χ0n) is 15.4. The van der Waals surface area contributed by atoms with Gasteiger partial charge in [-0.25, -0.2) is 4.79 Å². The number of likely N-dealkylation sites (tertiary alicyclic amines) is 1. The molecule has 0 bridgehead atoms. The molecule has 4 nitrogen and oxygen atoms in total. The maximum absolute atomic E-state index is 12.2. The third kappa shape index (κ3) is 3.88. The largest absolute Gasteiger partial charge is 0.444 e. The SMILES string of the molecule is Cc1ccsc1N1CCCC1C1CCN(C(=O)OC(C)(C)C)CC1. The molecular formula is C19H30N2O2S. The van der Waals surface area contributed by atoms with Gasteiger partial charge in [-0.05, 0) is 76.3 Å². The lowest BCUT2D eigenvalue weighted by Crippen LogP contribution is -2.46. The highest BCUT2D eigenvalue weighted by molar-refractivity contribution is 7.14. The van der Waals surface area contributed by atoms with Crippen LogP contribution in [-0.2, 0) is 4.74 Å². The molecule has 1 atom stereocenters. The van der Waals surface area contributed by atoms with Crippen LogP contribution in [0.3, 0.4) is 0 Å². The van der Waals surface area contributed by atoms with E-state index in [2.05, 4.69) is 23.3 Å². The first kappa shape index (κ1) is 17.6. The molecule has 0 aromatic carbocycles. The highest BCUT2D eigenvalue weighted by atomic mass is 32.1. The van der Waals surface area contributed by atoms with Crippen LogP contribution in [0.2, 0.25) is 0 Å². The van der Waals surface area contributed by atoms with Gasteiger partial charge in [-0.1, -0.05) is 0 Å². The predicted octanol–water partition coefficient (Wildman–Crippen LogP) is 4.67. The molecule has 2 aliphatic rings. The smallest absolute Gasteiger partial charge is 0.410 e. The molecule has 0 spiro atoms. The molecule has 24 heavy (non-hydrogen) atoms. The number of anilines is 1. The Morgan fingerprint density at radius 1 is 1.21 bits per heavy atom. The van der Waals surface area contributed by atoms with E-state index in [9.17, 15) is 4.79 Å². The third-order valence-corrected chi connectivity index (χ3v) is 6.18. The normalized spacial score (nSPS) is 22.9. The average Bonchev–Trinajstić information content (AvgIpc) is 3.14. The molecule has 2 aliphatic heterocycles. The van der Waals surface area contributed by atoms with E-state index in [-0.39, 0.29) is 6.09 Å². The number of carbonyl (C=O) groups excluding carboxylic acids is 1. The number of ether oxygens (including phenoxy) is 1. The van der Waals surface area contributed by atoms with Crippen molar-refractivity contribution in [3.8, 4) is 0 Å². The van der Waals surface area contributed by atoms with E-state index < -0.39 is 5.60 Å². The van der Waals surface area contributed by atoms with Gasteiger partial charge in [-0.2, -0.15) is 0 Å². The lowest BCUT2D eigenvalue weighted by molar-refractivity contribution is 0.0175. The van der Waals surface area contributed by atoms with Gasteiger partial charge in [0.15, 0.2) is 0 Å². The summed E-state index contributed by atoms with van der Waals surface area (Å²) in [5.74, 6) is 0.688. The third-order valence-electron chi connectivity index (χ3n) is 5.13. The van der Waals surface area contributed by atoms with Crippen molar-refractivity contribution in [3.63, 3.8) is 0 Å². The molecule has 0 radical (unpaired) electrons. The summed E-state index contributed by atoms with van der Waals surface area (Å²) in [6.45, 7) is 10.8. The van der Waals surface area contributed by atoms with E-state index >= 15 is 0 Å². The van der Waals surface area contributed by atoms with Crippen LogP contribution in [-0.4, -0.2) is 42.3 Å². The van der Waals surface area contributed by atoms with Gasteiger partial charge in [-0.3, -0.25) is 0 Å². The molecule has 0 saturated carbocycles. The molecule has 1 aromatic heterocycles. The molecule has 5 heteroatoms. The Morgan fingerprint density at radius 3 is 2.50 bits per heavy atom. The molecule has 0 aliphatic carbocycles. The summed E-state index contributed by atoms with van der Waals surface area (Å²) < 4.78 is 5.51. The van der Waals surface area contributed by atoms with Crippen LogP contribution in [0.15, 0.2) is 11.4 Å². The number of nitrogens with zero attached hydrogens (tertiary/aromatic N) is 2. The molecule has 2 saturated heterocycles. The van der Waals surface area contributed by atoms with Crippen LogP contribution in [0.1, 0.15) is 52.0 Å². The maximum Gasteiger partial charge on any atom is 0.410 e. The van der Waals surface area contributed by atoms with Crippen molar-refractivity contribution in [2.75, 3.05) is 24.5 Å². The fraction of sp³-hybridized carbons (Fsp3) is 0.737. The first-order chi connectivity index (χ1) is 11.3. The number of hydrogen-bond donors (Lipinski definition) is 0. The summed E-state index contributed by atoms with van der Waals surface area (Å²) >= 11 is 1.87. The van der Waals surface area contributed by atoms with Gasteiger partial charge in [0.05, 0.1) is 5.00 Å². The van der Waals surface area contributed by atoms with Gasteiger partial charge >= 0.3 is 6.09 Å². The van der Waals surface area contributed by atoms with Crippen LogP contribution in [0.4, 0.5) is 9.80 Å². The number of rotatable bonds is 2. The fourth-order valence-electron chi connectivity index (χ4n) is 3.99. The lowest BCUT2D eigenvalue weighted by atomic mass is 9.88. The van der Waals surface area contributed by atoms with Crippen molar-refractivity contribution in [2.45, 2.75) is 65.0 Å². The molecule has 3 heterocycles. The van der Waals surface area contributed by atoms with E-state index in [0.29, 0.717) is 12.0 Å². The van der Waals surface area contributed by atoms with E-state index in [1.165, 1.54) is 30.0 Å². The van der Waals surface area contributed by atoms with Crippen LogP contribution in [0.5, 0.6) is 0 Å². The maximum atomic E-state index is 12.2. The second-order valence-electron chi connectivity index (χ2n) is 8.12. The van der Waals surface area contributed by atoms with Gasteiger partial charge < -0.3 is 14.5 Å². The fourth-order valence-corrected chi connectivity index (χ4v) is 5.00. The predicted molar refractivity (Wildman–Crippen MR) is 100.0 cm³/mol. The lowest BCUT2D eigenvalue weighted by Gasteiger charge is -2.39. The topological polar surface area (TPSA) is 32.8 Å². The minimum Gasteiger partial charge on any atom is -0.444 e. The molecule has 3 rings (SSSR count). The summed E-state index contributed by atoms with van der Waals surface area (Å²) in [6, 6.07) is 2.86. The van der Waals surface area contributed by atoms with Gasteiger partial charge in [0.1, 0.15) is 5.60 Å². The summed E-state index contributed by atoms with van der Waals surface area (Å²) in [4.78, 5) is 16.8. The Morgan fingerprint density at radius 2 is 1.92 bits per heavy atom. The van der Waals surface area contributed by atoms with Gasteiger partial charge in [-0.15, -0.1) is 11.3 Å². The van der Waals surface area contributed by atoms with Crippen molar-refractivity contribution in [2.24, 2.45) is 5.92 Å². The number of carbonyl (C=O) groups is 1. The first-order valence-electron chi connectivity index (χ1n) is 9.14. The zero-order valence-corrected chi connectivity index (χ0v) is 16.2. The summed E-state index contributed by atoms with van der Waals surface area (Å²) in [5.41, 5.74) is 0.991. The average molecular weight is 351 g/mol. The van der Waals surface area contributed by atoms with Crippen molar-refractivity contribution in [3.05, 3.63) is 17.0 Å². The highest BCUT2D eigenvalue weighted by Crippen LogP contribution is 2.38. The Labute approximate surface area is 149 Å².